The standard InChI is InChI=1S/C14H13NOS/c16-10-12-3-1-2-4-13(12)15-7-5-14-11(9-15)6-8-17-14/h1-4,6,8,10H,5,7,9H2. The summed E-state index contributed by atoms with van der Waals surface area (Å²) in [5, 5.41) is 2.15. The lowest BCUT2D eigenvalue weighted by Gasteiger charge is -2.29. The third kappa shape index (κ3) is 1.87. The Morgan fingerprint density at radius 3 is 3.00 bits per heavy atom. The second kappa shape index (κ2) is 4.34. The van der Waals surface area contributed by atoms with Crippen molar-refractivity contribution in [1.29, 1.82) is 0 Å². The van der Waals surface area contributed by atoms with Crippen LogP contribution in [0.1, 0.15) is 20.8 Å². The molecule has 0 aliphatic carbocycles. The topological polar surface area (TPSA) is 20.3 Å². The van der Waals surface area contributed by atoms with Gasteiger partial charge >= 0.3 is 0 Å². The molecule has 0 saturated heterocycles. The molecule has 1 aromatic heterocycles. The van der Waals surface area contributed by atoms with Gasteiger partial charge in [0.05, 0.1) is 0 Å². The molecule has 0 saturated carbocycles. The fourth-order valence-electron chi connectivity index (χ4n) is 2.33. The van der Waals surface area contributed by atoms with Gasteiger partial charge in [-0.25, -0.2) is 0 Å². The van der Waals surface area contributed by atoms with Gasteiger partial charge in [-0.1, -0.05) is 12.1 Å². The van der Waals surface area contributed by atoms with E-state index in [2.05, 4.69) is 16.3 Å². The van der Waals surface area contributed by atoms with Gasteiger partial charge in [0, 0.05) is 29.2 Å². The number of para-hydroxylation sites is 1. The second-order valence-electron chi connectivity index (χ2n) is 4.22. The SMILES string of the molecule is O=Cc1ccccc1N1CCc2sccc2C1. The lowest BCUT2D eigenvalue weighted by Crippen LogP contribution is -2.30. The zero-order chi connectivity index (χ0) is 11.7. The van der Waals surface area contributed by atoms with Gasteiger partial charge in [-0.05, 0) is 35.6 Å². The fraction of sp³-hybridized carbons (Fsp3) is 0.214. The number of anilines is 1. The van der Waals surface area contributed by atoms with E-state index in [-0.39, 0.29) is 0 Å². The van der Waals surface area contributed by atoms with Crippen LogP contribution in [-0.2, 0) is 13.0 Å². The monoisotopic (exact) mass is 243 g/mol. The Balaban J connectivity index is 1.94. The van der Waals surface area contributed by atoms with Crippen molar-refractivity contribution in [3.63, 3.8) is 0 Å². The molecule has 0 unspecified atom stereocenters. The van der Waals surface area contributed by atoms with E-state index < -0.39 is 0 Å². The molecule has 0 N–H and O–H groups in total. The maximum atomic E-state index is 11.0. The molecule has 1 aliphatic heterocycles. The van der Waals surface area contributed by atoms with Crippen LogP contribution in [0.15, 0.2) is 35.7 Å². The molecule has 86 valence electrons. The summed E-state index contributed by atoms with van der Waals surface area (Å²) < 4.78 is 0. The van der Waals surface area contributed by atoms with E-state index in [1.54, 1.807) is 0 Å². The molecule has 0 radical (unpaired) electrons. The van der Waals surface area contributed by atoms with Gasteiger partial charge in [0.15, 0.2) is 6.29 Å². The summed E-state index contributed by atoms with van der Waals surface area (Å²) >= 11 is 1.84. The number of hydrogen-bond acceptors (Lipinski definition) is 3. The third-order valence-corrected chi connectivity index (χ3v) is 4.24. The third-order valence-electron chi connectivity index (χ3n) is 3.21. The Labute approximate surface area is 105 Å². The summed E-state index contributed by atoms with van der Waals surface area (Å²) in [5.41, 5.74) is 3.24. The molecule has 0 fully saturated rings. The number of aldehydes is 1. The average Bonchev–Trinajstić information content (AvgIpc) is 2.85. The highest BCUT2D eigenvalue weighted by molar-refractivity contribution is 7.10. The van der Waals surface area contributed by atoms with Crippen molar-refractivity contribution in [3.05, 3.63) is 51.7 Å². The average molecular weight is 243 g/mol. The van der Waals surface area contributed by atoms with E-state index in [1.165, 1.54) is 10.4 Å². The first kappa shape index (κ1) is 10.5. The summed E-state index contributed by atoms with van der Waals surface area (Å²) in [6.07, 6.45) is 2.03. The number of hydrogen-bond donors (Lipinski definition) is 0. The smallest absolute Gasteiger partial charge is 0.152 e. The van der Waals surface area contributed by atoms with Gasteiger partial charge in [-0.2, -0.15) is 0 Å². The Morgan fingerprint density at radius 1 is 1.24 bits per heavy atom. The maximum Gasteiger partial charge on any atom is 0.152 e. The van der Waals surface area contributed by atoms with Gasteiger partial charge in [0.2, 0.25) is 0 Å². The van der Waals surface area contributed by atoms with Gasteiger partial charge in [-0.15, -0.1) is 11.3 Å². The Bertz CT molecular complexity index is 547. The summed E-state index contributed by atoms with van der Waals surface area (Å²) in [5.74, 6) is 0. The van der Waals surface area contributed by atoms with E-state index >= 15 is 0 Å². The highest BCUT2D eigenvalue weighted by Gasteiger charge is 2.18. The van der Waals surface area contributed by atoms with Crippen molar-refractivity contribution < 1.29 is 4.79 Å². The molecular weight excluding hydrogens is 230 g/mol. The van der Waals surface area contributed by atoms with E-state index in [1.807, 2.05) is 35.6 Å². The normalized spacial score (nSPS) is 14.5. The zero-order valence-electron chi connectivity index (χ0n) is 9.43. The molecule has 2 aromatic rings. The highest BCUT2D eigenvalue weighted by atomic mass is 32.1. The molecule has 2 heterocycles. The zero-order valence-corrected chi connectivity index (χ0v) is 10.2. The van der Waals surface area contributed by atoms with Crippen LogP contribution in [0.3, 0.4) is 0 Å². The first-order chi connectivity index (χ1) is 8.38. The minimum Gasteiger partial charge on any atom is -0.366 e. The number of fused-ring (bicyclic) bond motifs is 1. The molecule has 0 spiro atoms. The summed E-state index contributed by atoms with van der Waals surface area (Å²) in [7, 11) is 0. The molecular formula is C14H13NOS. The van der Waals surface area contributed by atoms with Crippen LogP contribution in [0.25, 0.3) is 0 Å². The van der Waals surface area contributed by atoms with Crippen LogP contribution < -0.4 is 4.90 Å². The predicted molar refractivity (Wildman–Crippen MR) is 70.9 cm³/mol. The molecule has 3 heteroatoms. The van der Waals surface area contributed by atoms with Crippen molar-refractivity contribution >= 4 is 23.3 Å². The van der Waals surface area contributed by atoms with Gasteiger partial charge in [0.1, 0.15) is 0 Å². The van der Waals surface area contributed by atoms with Crippen LogP contribution in [0.4, 0.5) is 5.69 Å². The Morgan fingerprint density at radius 2 is 2.12 bits per heavy atom. The first-order valence-electron chi connectivity index (χ1n) is 5.73. The molecule has 1 aliphatic rings. The largest absolute Gasteiger partial charge is 0.366 e. The van der Waals surface area contributed by atoms with Crippen LogP contribution in [0, 0.1) is 0 Å². The van der Waals surface area contributed by atoms with Crippen molar-refractivity contribution in [2.45, 2.75) is 13.0 Å². The molecule has 0 atom stereocenters. The quantitative estimate of drug-likeness (QED) is 0.755. The highest BCUT2D eigenvalue weighted by Crippen LogP contribution is 2.29. The van der Waals surface area contributed by atoms with Crippen molar-refractivity contribution in [1.82, 2.24) is 0 Å². The number of carbonyl (C=O) groups excluding carboxylic acids is 1. The van der Waals surface area contributed by atoms with Crippen LogP contribution in [0.2, 0.25) is 0 Å². The molecule has 0 amide bonds. The van der Waals surface area contributed by atoms with E-state index in [0.29, 0.717) is 0 Å². The van der Waals surface area contributed by atoms with E-state index in [4.69, 9.17) is 0 Å². The number of nitrogens with zero attached hydrogens (tertiary/aromatic N) is 1. The van der Waals surface area contributed by atoms with Gasteiger partial charge in [-0.3, -0.25) is 4.79 Å². The Kier molecular flexibility index (Phi) is 2.69. The van der Waals surface area contributed by atoms with E-state index in [0.717, 1.165) is 37.0 Å². The van der Waals surface area contributed by atoms with Gasteiger partial charge in [0.25, 0.3) is 0 Å². The van der Waals surface area contributed by atoms with Crippen molar-refractivity contribution in [2.75, 3.05) is 11.4 Å². The Hall–Kier alpha value is -1.61. The predicted octanol–water partition coefficient (Wildman–Crippen LogP) is 3.12. The molecule has 1 aromatic carbocycles. The molecule has 0 bridgehead atoms. The van der Waals surface area contributed by atoms with Gasteiger partial charge < -0.3 is 4.90 Å². The van der Waals surface area contributed by atoms with Crippen LogP contribution in [0.5, 0.6) is 0 Å². The van der Waals surface area contributed by atoms with Crippen molar-refractivity contribution in [3.8, 4) is 0 Å². The number of rotatable bonds is 2. The molecule has 3 rings (SSSR count). The van der Waals surface area contributed by atoms with Crippen LogP contribution in [-0.4, -0.2) is 12.8 Å². The fourth-order valence-corrected chi connectivity index (χ4v) is 3.22. The minimum absolute atomic E-state index is 0.783. The lowest BCUT2D eigenvalue weighted by molar-refractivity contribution is 0.112. The number of benzene rings is 1. The summed E-state index contributed by atoms with van der Waals surface area (Å²) in [6.45, 7) is 1.92. The summed E-state index contributed by atoms with van der Waals surface area (Å²) in [4.78, 5) is 14.8. The molecule has 2 nitrogen and oxygen atoms in total. The second-order valence-corrected chi connectivity index (χ2v) is 5.22. The minimum atomic E-state index is 0.783. The van der Waals surface area contributed by atoms with Crippen LogP contribution >= 0.6 is 11.3 Å². The maximum absolute atomic E-state index is 11.0. The number of thiophene rings is 1. The lowest BCUT2D eigenvalue weighted by atomic mass is 10.1. The van der Waals surface area contributed by atoms with Crippen molar-refractivity contribution in [2.24, 2.45) is 0 Å². The summed E-state index contributed by atoms with van der Waals surface area (Å²) in [6, 6.07) is 10.0. The van der Waals surface area contributed by atoms with E-state index in [9.17, 15) is 4.79 Å². The molecule has 17 heavy (non-hydrogen) atoms. The first-order valence-corrected chi connectivity index (χ1v) is 6.61. The number of carbonyl (C=O) groups is 1.